The standard InChI is InChI=1S/C13H10ClNOS/c14-9-5-7-10(8-6-9)17-13(16)11-3-1-2-4-12(11)15/h1-8H,15H2. The van der Waals surface area contributed by atoms with Crippen LogP contribution in [0.3, 0.4) is 0 Å². The maximum Gasteiger partial charge on any atom is 0.226 e. The van der Waals surface area contributed by atoms with Crippen LogP contribution in [0.2, 0.25) is 5.02 Å². The van der Waals surface area contributed by atoms with Crippen LogP contribution in [0.15, 0.2) is 53.4 Å². The summed E-state index contributed by atoms with van der Waals surface area (Å²) in [6.07, 6.45) is 0. The lowest BCUT2D eigenvalue weighted by Gasteiger charge is -2.03. The van der Waals surface area contributed by atoms with E-state index >= 15 is 0 Å². The highest BCUT2D eigenvalue weighted by molar-refractivity contribution is 8.14. The Morgan fingerprint density at radius 2 is 1.71 bits per heavy atom. The molecule has 0 aromatic heterocycles. The molecule has 2 rings (SSSR count). The van der Waals surface area contributed by atoms with Crippen LogP contribution in [-0.4, -0.2) is 5.12 Å². The van der Waals surface area contributed by atoms with Crippen molar-refractivity contribution in [3.05, 3.63) is 59.1 Å². The molecular formula is C13H10ClNOS. The lowest BCUT2D eigenvalue weighted by atomic mass is 10.2. The van der Waals surface area contributed by atoms with Gasteiger partial charge in [0.1, 0.15) is 0 Å². The molecule has 2 N–H and O–H groups in total. The molecule has 4 heteroatoms. The molecule has 0 saturated carbocycles. The Kier molecular flexibility index (Phi) is 3.71. The van der Waals surface area contributed by atoms with Crippen LogP contribution in [0.4, 0.5) is 5.69 Å². The van der Waals surface area contributed by atoms with E-state index in [1.54, 1.807) is 36.4 Å². The summed E-state index contributed by atoms with van der Waals surface area (Å²) in [5, 5.41) is 0.589. The van der Waals surface area contributed by atoms with E-state index in [1.807, 2.05) is 12.1 Å². The first-order valence-corrected chi connectivity index (χ1v) is 6.18. The highest BCUT2D eigenvalue weighted by Gasteiger charge is 2.10. The molecule has 2 aromatic rings. The molecular weight excluding hydrogens is 254 g/mol. The first-order chi connectivity index (χ1) is 8.16. The second kappa shape index (κ2) is 5.25. The van der Waals surface area contributed by atoms with E-state index in [0.717, 1.165) is 16.7 Å². The minimum atomic E-state index is -0.0644. The zero-order valence-corrected chi connectivity index (χ0v) is 10.5. The first kappa shape index (κ1) is 12.0. The number of carbonyl (C=O) groups is 1. The topological polar surface area (TPSA) is 43.1 Å². The van der Waals surface area contributed by atoms with Crippen LogP contribution in [0.1, 0.15) is 10.4 Å². The molecule has 0 aliphatic rings. The Morgan fingerprint density at radius 3 is 2.35 bits per heavy atom. The van der Waals surface area contributed by atoms with E-state index in [9.17, 15) is 4.79 Å². The maximum absolute atomic E-state index is 12.0. The molecule has 2 nitrogen and oxygen atoms in total. The highest BCUT2D eigenvalue weighted by atomic mass is 35.5. The Labute approximate surface area is 109 Å². The van der Waals surface area contributed by atoms with Crippen LogP contribution >= 0.6 is 23.4 Å². The van der Waals surface area contributed by atoms with Gasteiger partial charge in [-0.2, -0.15) is 0 Å². The minimum absolute atomic E-state index is 0.0644. The fourth-order valence-corrected chi connectivity index (χ4v) is 2.26. The molecule has 0 aliphatic carbocycles. The number of benzene rings is 2. The largest absolute Gasteiger partial charge is 0.398 e. The van der Waals surface area contributed by atoms with Gasteiger partial charge in [-0.05, 0) is 48.2 Å². The van der Waals surface area contributed by atoms with Crippen molar-refractivity contribution in [1.29, 1.82) is 0 Å². The maximum atomic E-state index is 12.0. The van der Waals surface area contributed by atoms with E-state index in [-0.39, 0.29) is 5.12 Å². The molecule has 0 saturated heterocycles. The van der Waals surface area contributed by atoms with Crippen LogP contribution in [0, 0.1) is 0 Å². The number of hydrogen-bond acceptors (Lipinski definition) is 3. The van der Waals surface area contributed by atoms with Crippen molar-refractivity contribution >= 4 is 34.2 Å². The van der Waals surface area contributed by atoms with Crippen molar-refractivity contribution in [1.82, 2.24) is 0 Å². The van der Waals surface area contributed by atoms with Crippen LogP contribution in [0.5, 0.6) is 0 Å². The molecule has 0 amide bonds. The number of nitrogens with two attached hydrogens (primary N) is 1. The number of halogens is 1. The van der Waals surface area contributed by atoms with Crippen LogP contribution < -0.4 is 5.73 Å². The summed E-state index contributed by atoms with van der Waals surface area (Å²) in [4.78, 5) is 12.8. The molecule has 0 bridgehead atoms. The number of anilines is 1. The van der Waals surface area contributed by atoms with Crippen molar-refractivity contribution in [3.8, 4) is 0 Å². The Bertz CT molecular complexity index is 539. The predicted octanol–water partition coefficient (Wildman–Crippen LogP) is 3.85. The van der Waals surface area contributed by atoms with Crippen molar-refractivity contribution in [3.63, 3.8) is 0 Å². The van der Waals surface area contributed by atoms with Gasteiger partial charge in [-0.1, -0.05) is 23.7 Å². The third-order valence-electron chi connectivity index (χ3n) is 2.20. The second-order valence-electron chi connectivity index (χ2n) is 3.43. The van der Waals surface area contributed by atoms with Gasteiger partial charge in [0.25, 0.3) is 0 Å². The van der Waals surface area contributed by atoms with E-state index in [0.29, 0.717) is 16.3 Å². The summed E-state index contributed by atoms with van der Waals surface area (Å²) in [5.74, 6) is 0. The third-order valence-corrected chi connectivity index (χ3v) is 3.37. The number of para-hydroxylation sites is 1. The number of rotatable bonds is 2. The lowest BCUT2D eigenvalue weighted by Crippen LogP contribution is -1.99. The Balaban J connectivity index is 2.17. The fourth-order valence-electron chi connectivity index (χ4n) is 1.35. The average Bonchev–Trinajstić information content (AvgIpc) is 2.32. The number of thioether (sulfide) groups is 1. The van der Waals surface area contributed by atoms with Gasteiger partial charge in [-0.15, -0.1) is 0 Å². The molecule has 86 valence electrons. The number of carbonyl (C=O) groups excluding carboxylic acids is 1. The predicted molar refractivity (Wildman–Crippen MR) is 72.5 cm³/mol. The van der Waals surface area contributed by atoms with Gasteiger partial charge in [0.05, 0.1) is 5.56 Å². The third kappa shape index (κ3) is 3.02. The average molecular weight is 264 g/mol. The van der Waals surface area contributed by atoms with Gasteiger partial charge in [0, 0.05) is 15.6 Å². The van der Waals surface area contributed by atoms with E-state index in [4.69, 9.17) is 17.3 Å². The van der Waals surface area contributed by atoms with Crippen LogP contribution in [-0.2, 0) is 0 Å². The smallest absolute Gasteiger partial charge is 0.226 e. The summed E-state index contributed by atoms with van der Waals surface area (Å²) < 4.78 is 0. The van der Waals surface area contributed by atoms with Crippen molar-refractivity contribution in [2.45, 2.75) is 4.90 Å². The molecule has 2 aromatic carbocycles. The van der Waals surface area contributed by atoms with Crippen molar-refractivity contribution in [2.75, 3.05) is 5.73 Å². The normalized spacial score (nSPS) is 10.2. The first-order valence-electron chi connectivity index (χ1n) is 4.99. The molecule has 0 heterocycles. The number of nitrogen functional groups attached to an aromatic ring is 1. The zero-order valence-electron chi connectivity index (χ0n) is 8.89. The monoisotopic (exact) mass is 263 g/mol. The van der Waals surface area contributed by atoms with E-state index < -0.39 is 0 Å². The van der Waals surface area contributed by atoms with Gasteiger partial charge >= 0.3 is 0 Å². The van der Waals surface area contributed by atoms with Gasteiger partial charge in [0.15, 0.2) is 0 Å². The van der Waals surface area contributed by atoms with Gasteiger partial charge in [0.2, 0.25) is 5.12 Å². The fraction of sp³-hybridized carbons (Fsp3) is 0. The molecule has 0 atom stereocenters. The quantitative estimate of drug-likeness (QED) is 0.661. The summed E-state index contributed by atoms with van der Waals surface area (Å²) in [6.45, 7) is 0. The molecule has 0 fully saturated rings. The van der Waals surface area contributed by atoms with Crippen LogP contribution in [0.25, 0.3) is 0 Å². The molecule has 0 unspecified atom stereocenters. The van der Waals surface area contributed by atoms with Crippen molar-refractivity contribution < 1.29 is 4.79 Å². The minimum Gasteiger partial charge on any atom is -0.398 e. The van der Waals surface area contributed by atoms with E-state index in [1.165, 1.54) is 0 Å². The van der Waals surface area contributed by atoms with E-state index in [2.05, 4.69) is 0 Å². The molecule has 0 aliphatic heterocycles. The van der Waals surface area contributed by atoms with Gasteiger partial charge < -0.3 is 5.73 Å². The summed E-state index contributed by atoms with van der Waals surface area (Å²) in [7, 11) is 0. The SMILES string of the molecule is Nc1ccccc1C(=O)Sc1ccc(Cl)cc1. The van der Waals surface area contributed by atoms with Gasteiger partial charge in [-0.3, -0.25) is 4.79 Å². The zero-order chi connectivity index (χ0) is 12.3. The Morgan fingerprint density at radius 1 is 1.06 bits per heavy atom. The number of hydrogen-bond donors (Lipinski definition) is 1. The summed E-state index contributed by atoms with van der Waals surface area (Å²) in [5.41, 5.74) is 6.78. The molecule has 0 spiro atoms. The second-order valence-corrected chi connectivity index (χ2v) is 4.91. The summed E-state index contributed by atoms with van der Waals surface area (Å²) >= 11 is 6.92. The van der Waals surface area contributed by atoms with Crippen molar-refractivity contribution in [2.24, 2.45) is 0 Å². The van der Waals surface area contributed by atoms with Gasteiger partial charge in [-0.25, -0.2) is 0 Å². The molecule has 0 radical (unpaired) electrons. The lowest BCUT2D eigenvalue weighted by molar-refractivity contribution is 0.109. The molecule has 17 heavy (non-hydrogen) atoms. The highest BCUT2D eigenvalue weighted by Crippen LogP contribution is 2.26. The Hall–Kier alpha value is -1.45. The summed E-state index contributed by atoms with van der Waals surface area (Å²) in [6, 6.07) is 14.2.